The second-order valence-corrected chi connectivity index (χ2v) is 12.4. The molecule has 2 N–H and O–H groups in total. The molecule has 8 atom stereocenters. The van der Waals surface area contributed by atoms with Crippen LogP contribution in [0.4, 0.5) is 5.69 Å². The molecule has 0 aromatic heterocycles. The van der Waals surface area contributed by atoms with Gasteiger partial charge in [-0.25, -0.2) is 0 Å². The highest BCUT2D eigenvalue weighted by molar-refractivity contribution is 6.34. The van der Waals surface area contributed by atoms with Crippen LogP contribution in [0.15, 0.2) is 78.9 Å². The average Bonchev–Trinajstić information content (AvgIpc) is 3.43. The van der Waals surface area contributed by atoms with Crippen molar-refractivity contribution in [3.8, 4) is 0 Å². The fourth-order valence-electron chi connectivity index (χ4n) is 7.09. The number of nitrogens with zero attached hydrogens (tertiary/aromatic N) is 2. The van der Waals surface area contributed by atoms with Crippen LogP contribution in [0.5, 0.6) is 0 Å². The van der Waals surface area contributed by atoms with E-state index in [4.69, 9.17) is 21.1 Å². The van der Waals surface area contributed by atoms with E-state index in [0.29, 0.717) is 22.7 Å². The van der Waals surface area contributed by atoms with Crippen LogP contribution in [0.3, 0.4) is 0 Å². The summed E-state index contributed by atoms with van der Waals surface area (Å²) in [6.07, 6.45) is 5.75. The summed E-state index contributed by atoms with van der Waals surface area (Å²) >= 11 is 6.51. The van der Waals surface area contributed by atoms with Gasteiger partial charge in [-0.2, -0.15) is 0 Å². The van der Waals surface area contributed by atoms with Gasteiger partial charge in [-0.1, -0.05) is 78.4 Å². The van der Waals surface area contributed by atoms with Crippen molar-refractivity contribution in [1.82, 2.24) is 10.2 Å². The maximum atomic E-state index is 14.5. The molecule has 3 amide bonds. The Morgan fingerprint density at radius 2 is 1.78 bits per heavy atom. The zero-order valence-corrected chi connectivity index (χ0v) is 25.8. The summed E-state index contributed by atoms with van der Waals surface area (Å²) in [6.45, 7) is 3.18. The predicted octanol–water partition coefficient (Wildman–Crippen LogP) is 3.34. The number of anilines is 1. The number of fused-ring (bicyclic) bond motifs is 2. The molecule has 0 bridgehead atoms. The summed E-state index contributed by atoms with van der Waals surface area (Å²) in [7, 11) is 0. The van der Waals surface area contributed by atoms with Gasteiger partial charge in [-0.3, -0.25) is 19.2 Å². The number of benzene rings is 2. The maximum Gasteiger partial charge on any atom is 0.313 e. The number of ether oxygens (including phenoxy) is 2. The largest absolute Gasteiger partial charge is 0.455 e. The number of esters is 1. The number of amides is 3. The molecule has 2 aromatic rings. The first kappa shape index (κ1) is 31.0. The molecule has 2 saturated heterocycles. The number of para-hydroxylation sites is 1. The molecule has 0 saturated carbocycles. The van der Waals surface area contributed by atoms with E-state index in [9.17, 15) is 24.3 Å². The van der Waals surface area contributed by atoms with E-state index in [1.54, 1.807) is 62.4 Å². The van der Waals surface area contributed by atoms with Crippen molar-refractivity contribution < 1.29 is 33.8 Å². The number of carbonyl (C=O) groups excluding carboxylic acids is 4. The summed E-state index contributed by atoms with van der Waals surface area (Å²) in [5.74, 6) is -4.02. The van der Waals surface area contributed by atoms with Gasteiger partial charge >= 0.3 is 5.97 Å². The van der Waals surface area contributed by atoms with Crippen LogP contribution in [0.2, 0.25) is 5.02 Å². The van der Waals surface area contributed by atoms with Gasteiger partial charge < -0.3 is 29.7 Å². The molecular weight excluding hydrogens is 598 g/mol. The minimum absolute atomic E-state index is 0.156. The van der Waals surface area contributed by atoms with E-state index in [0.717, 1.165) is 0 Å². The number of carbonyl (C=O) groups is 4. The minimum Gasteiger partial charge on any atom is -0.455 e. The van der Waals surface area contributed by atoms with Crippen LogP contribution < -0.4 is 10.2 Å². The number of cyclic esters (lactones) is 1. The lowest BCUT2D eigenvalue weighted by Crippen LogP contribution is -2.57. The van der Waals surface area contributed by atoms with Gasteiger partial charge in [0.15, 0.2) is 0 Å². The van der Waals surface area contributed by atoms with E-state index in [1.807, 2.05) is 30.3 Å². The smallest absolute Gasteiger partial charge is 0.313 e. The van der Waals surface area contributed by atoms with Gasteiger partial charge in [-0.05, 0) is 38.0 Å². The Labute approximate surface area is 266 Å². The Balaban J connectivity index is 1.46. The second-order valence-electron chi connectivity index (χ2n) is 12.0. The Hall–Kier alpha value is -3.99. The van der Waals surface area contributed by atoms with Crippen LogP contribution in [-0.2, 0) is 28.7 Å². The normalized spacial score (nSPS) is 33.2. The molecule has 2 aromatic carbocycles. The van der Waals surface area contributed by atoms with Crippen molar-refractivity contribution in [3.05, 3.63) is 89.5 Å². The topological polar surface area (TPSA) is 125 Å². The lowest BCUT2D eigenvalue weighted by Gasteiger charge is -2.37. The molecule has 1 spiro atoms. The van der Waals surface area contributed by atoms with Gasteiger partial charge in [0.1, 0.15) is 23.7 Å². The molecule has 4 heterocycles. The van der Waals surface area contributed by atoms with Crippen LogP contribution >= 0.6 is 11.6 Å². The summed E-state index contributed by atoms with van der Waals surface area (Å²) < 4.78 is 12.9. The quantitative estimate of drug-likeness (QED) is 0.391. The molecular formula is C34H36ClN3O7. The molecule has 0 radical (unpaired) electrons. The number of rotatable bonds is 4. The van der Waals surface area contributed by atoms with Gasteiger partial charge in [0.2, 0.25) is 11.8 Å². The molecule has 6 rings (SSSR count). The molecule has 0 unspecified atom stereocenters. The molecule has 45 heavy (non-hydrogen) atoms. The van der Waals surface area contributed by atoms with Crippen LogP contribution in [0.1, 0.15) is 38.4 Å². The number of halogens is 1. The lowest BCUT2D eigenvalue weighted by atomic mass is 9.77. The molecule has 2 fully saturated rings. The minimum atomic E-state index is -1.53. The average molecular weight is 634 g/mol. The Morgan fingerprint density at radius 3 is 2.51 bits per heavy atom. The monoisotopic (exact) mass is 633 g/mol. The molecule has 0 aliphatic carbocycles. The van der Waals surface area contributed by atoms with E-state index in [2.05, 4.69) is 5.32 Å². The van der Waals surface area contributed by atoms with Crippen molar-refractivity contribution in [2.24, 2.45) is 11.8 Å². The number of likely N-dealkylation sites (tertiary alicyclic amines) is 1. The van der Waals surface area contributed by atoms with Gasteiger partial charge in [0.25, 0.3) is 5.91 Å². The fourth-order valence-corrected chi connectivity index (χ4v) is 7.33. The van der Waals surface area contributed by atoms with Gasteiger partial charge in [-0.15, -0.1) is 0 Å². The van der Waals surface area contributed by atoms with Crippen molar-refractivity contribution >= 4 is 41.0 Å². The highest BCUT2D eigenvalue weighted by Gasteiger charge is 2.72. The fraction of sp³-hybridized carbons (Fsp3) is 0.412. The maximum absolute atomic E-state index is 14.5. The van der Waals surface area contributed by atoms with Crippen LogP contribution in [0.25, 0.3) is 0 Å². The number of aliphatic hydroxyl groups is 1. The second kappa shape index (κ2) is 12.4. The van der Waals surface area contributed by atoms with E-state index >= 15 is 0 Å². The first-order chi connectivity index (χ1) is 21.7. The summed E-state index contributed by atoms with van der Waals surface area (Å²) in [4.78, 5) is 58.9. The van der Waals surface area contributed by atoms with Gasteiger partial charge in [0, 0.05) is 13.0 Å². The standard InChI is InChI=1S/C34H36ClN3O7/c1-20(19-39)38-30-32(42)37(24-14-7-6-13-23(24)35)18-10-17-34(30)28(31(38)41)27-25(45-34)15-8-9-16-26(40)36-21(2)29(44-33(27)43)22-11-4-3-5-12-22/h3-8,10-15,17,20-21,25,27-30,39H,9,16,18-19H2,1-2H3,(H,36,40)/b15-8-/t20-,21+,25+,27-,28-,29-,30+,34-/m1/s1. The summed E-state index contributed by atoms with van der Waals surface area (Å²) in [5.41, 5.74) is -0.379. The highest BCUT2D eigenvalue weighted by Crippen LogP contribution is 2.54. The van der Waals surface area contributed by atoms with Crippen LogP contribution in [-0.4, -0.2) is 76.7 Å². The van der Waals surface area contributed by atoms with Crippen LogP contribution in [0, 0.1) is 11.8 Å². The van der Waals surface area contributed by atoms with Crippen molar-refractivity contribution in [1.29, 1.82) is 0 Å². The number of allylic oxidation sites excluding steroid dienone is 1. The SMILES string of the molecule is C[C@@H]1NC(=O)CC/C=C\[C@@H]2O[C@@]34C=CCN(c5ccccc5Cl)C(=O)[C@@H]3N([C@H](C)CO)C(=O)[C@H]4[C@@H]2C(=O)O[C@H]1c1ccccc1. The third-order valence-electron chi connectivity index (χ3n) is 9.16. The van der Waals surface area contributed by atoms with Crippen molar-refractivity contribution in [2.45, 2.75) is 62.6 Å². The first-order valence-corrected chi connectivity index (χ1v) is 15.6. The number of aliphatic hydroxyl groups excluding tert-OH is 1. The molecule has 4 aliphatic rings. The molecule has 10 nitrogen and oxygen atoms in total. The third kappa shape index (κ3) is 5.34. The zero-order chi connectivity index (χ0) is 31.9. The first-order valence-electron chi connectivity index (χ1n) is 15.2. The summed E-state index contributed by atoms with van der Waals surface area (Å²) in [6, 6.07) is 13.5. The molecule has 11 heteroatoms. The number of hydrogen-bond acceptors (Lipinski definition) is 7. The lowest BCUT2D eigenvalue weighted by molar-refractivity contribution is -0.161. The number of hydrogen-bond donors (Lipinski definition) is 2. The van der Waals surface area contributed by atoms with E-state index < -0.39 is 72.2 Å². The number of nitrogens with one attached hydrogen (secondary N) is 1. The van der Waals surface area contributed by atoms with Gasteiger partial charge in [0.05, 0.1) is 41.4 Å². The Kier molecular flexibility index (Phi) is 8.56. The Morgan fingerprint density at radius 1 is 1.04 bits per heavy atom. The predicted molar refractivity (Wildman–Crippen MR) is 166 cm³/mol. The van der Waals surface area contributed by atoms with E-state index in [1.165, 1.54) is 9.80 Å². The summed E-state index contributed by atoms with van der Waals surface area (Å²) in [5, 5.41) is 13.5. The zero-order valence-electron chi connectivity index (χ0n) is 25.0. The highest BCUT2D eigenvalue weighted by atomic mass is 35.5. The van der Waals surface area contributed by atoms with Crippen molar-refractivity contribution in [3.63, 3.8) is 0 Å². The van der Waals surface area contributed by atoms with E-state index in [-0.39, 0.29) is 18.9 Å². The molecule has 236 valence electrons. The molecule has 4 aliphatic heterocycles. The van der Waals surface area contributed by atoms with Crippen molar-refractivity contribution in [2.75, 3.05) is 18.1 Å². The Bertz CT molecular complexity index is 1550. The third-order valence-corrected chi connectivity index (χ3v) is 9.48.